The molecular weight excluding hydrogens is 280 g/mol. The van der Waals surface area contributed by atoms with E-state index in [-0.39, 0.29) is 11.6 Å². The summed E-state index contributed by atoms with van der Waals surface area (Å²) >= 11 is 0. The van der Waals surface area contributed by atoms with Gasteiger partial charge < -0.3 is 4.74 Å². The maximum absolute atomic E-state index is 12.8. The first-order valence-electron chi connectivity index (χ1n) is 7.21. The Morgan fingerprint density at radius 3 is 2.14 bits per heavy atom. The van der Waals surface area contributed by atoms with E-state index in [4.69, 9.17) is 4.74 Å². The Morgan fingerprint density at radius 1 is 1.09 bits per heavy atom. The zero-order valence-corrected chi connectivity index (χ0v) is 13.3. The molecule has 3 atom stereocenters. The molecule has 0 heterocycles. The van der Waals surface area contributed by atoms with Gasteiger partial charge in [0.25, 0.3) is 0 Å². The van der Waals surface area contributed by atoms with Crippen LogP contribution in [0.15, 0.2) is 42.0 Å². The van der Waals surface area contributed by atoms with Crippen LogP contribution in [-0.2, 0) is 14.3 Å². The summed E-state index contributed by atoms with van der Waals surface area (Å²) in [4.78, 5) is 37.2. The third-order valence-electron chi connectivity index (χ3n) is 4.23. The van der Waals surface area contributed by atoms with E-state index in [1.165, 1.54) is 14.0 Å². The van der Waals surface area contributed by atoms with Crippen LogP contribution in [0.3, 0.4) is 0 Å². The number of Topliss-reactive ketones (excluding diaryl/α,β-unsaturated/α-hetero) is 2. The molecule has 116 valence electrons. The van der Waals surface area contributed by atoms with Crippen LogP contribution in [-0.4, -0.2) is 24.6 Å². The maximum atomic E-state index is 12.8. The molecule has 0 amide bonds. The average Bonchev–Trinajstić information content (AvgIpc) is 3.15. The molecule has 1 aromatic rings. The fourth-order valence-corrected chi connectivity index (χ4v) is 3.18. The van der Waals surface area contributed by atoms with Crippen LogP contribution in [0.4, 0.5) is 0 Å². The number of benzene rings is 1. The summed E-state index contributed by atoms with van der Waals surface area (Å²) in [5.74, 6) is -2.26. The second-order valence-corrected chi connectivity index (χ2v) is 5.89. The summed E-state index contributed by atoms with van der Waals surface area (Å²) in [5, 5.41) is 0. The summed E-state index contributed by atoms with van der Waals surface area (Å²) in [6, 6.07) is 8.73. The monoisotopic (exact) mass is 300 g/mol. The van der Waals surface area contributed by atoms with E-state index in [9.17, 15) is 14.4 Å². The predicted molar refractivity (Wildman–Crippen MR) is 82.3 cm³/mol. The van der Waals surface area contributed by atoms with Gasteiger partial charge in [-0.3, -0.25) is 14.4 Å². The molecule has 0 aliphatic heterocycles. The lowest BCUT2D eigenvalue weighted by atomic mass is 9.94. The minimum absolute atomic E-state index is 0.191. The number of methoxy groups -OCH3 is 1. The van der Waals surface area contributed by atoms with Gasteiger partial charge >= 0.3 is 5.97 Å². The SMILES string of the molecule is COC(=O)C1(C(C)=O)[C@H](C=C(C)C)[C@H]1C(=O)c1ccccc1. The van der Waals surface area contributed by atoms with Gasteiger partial charge in [0.05, 0.1) is 13.0 Å². The van der Waals surface area contributed by atoms with Crippen molar-refractivity contribution in [1.29, 1.82) is 0 Å². The van der Waals surface area contributed by atoms with Gasteiger partial charge in [-0.1, -0.05) is 42.0 Å². The Kier molecular flexibility index (Phi) is 4.31. The third-order valence-corrected chi connectivity index (χ3v) is 4.23. The molecule has 0 aromatic heterocycles. The number of hydrogen-bond acceptors (Lipinski definition) is 4. The van der Waals surface area contributed by atoms with Crippen molar-refractivity contribution in [2.75, 3.05) is 7.11 Å². The third kappa shape index (κ3) is 2.39. The van der Waals surface area contributed by atoms with Crippen LogP contribution >= 0.6 is 0 Å². The molecule has 1 saturated carbocycles. The molecule has 1 aliphatic carbocycles. The van der Waals surface area contributed by atoms with Gasteiger partial charge in [-0.25, -0.2) is 0 Å². The topological polar surface area (TPSA) is 60.4 Å². The van der Waals surface area contributed by atoms with Gasteiger partial charge in [-0.05, 0) is 20.8 Å². The molecule has 22 heavy (non-hydrogen) atoms. The fourth-order valence-electron chi connectivity index (χ4n) is 3.18. The summed E-state index contributed by atoms with van der Waals surface area (Å²) in [6.07, 6.45) is 1.82. The normalized spacial score (nSPS) is 26.0. The van der Waals surface area contributed by atoms with Gasteiger partial charge in [0.2, 0.25) is 0 Å². The van der Waals surface area contributed by atoms with Crippen molar-refractivity contribution in [3.63, 3.8) is 0 Å². The van der Waals surface area contributed by atoms with Crippen LogP contribution in [0.25, 0.3) is 0 Å². The van der Waals surface area contributed by atoms with Crippen molar-refractivity contribution in [2.24, 2.45) is 17.3 Å². The van der Waals surface area contributed by atoms with Crippen LogP contribution in [0.5, 0.6) is 0 Å². The minimum Gasteiger partial charge on any atom is -0.468 e. The molecule has 1 unspecified atom stereocenters. The van der Waals surface area contributed by atoms with E-state index in [1.807, 2.05) is 26.0 Å². The molecule has 4 nitrogen and oxygen atoms in total. The number of allylic oxidation sites excluding steroid dienone is 2. The molecule has 4 heteroatoms. The van der Waals surface area contributed by atoms with E-state index in [0.717, 1.165) is 5.57 Å². The molecule has 2 rings (SSSR count). The predicted octanol–water partition coefficient (Wildman–Crippen LogP) is 2.83. The first kappa shape index (κ1) is 16.1. The van der Waals surface area contributed by atoms with Gasteiger partial charge in [0, 0.05) is 11.5 Å². The lowest BCUT2D eigenvalue weighted by molar-refractivity contribution is -0.151. The highest BCUT2D eigenvalue weighted by Crippen LogP contribution is 2.62. The van der Waals surface area contributed by atoms with Crippen molar-refractivity contribution in [3.05, 3.63) is 47.5 Å². The van der Waals surface area contributed by atoms with E-state index in [0.29, 0.717) is 5.56 Å². The van der Waals surface area contributed by atoms with Crippen molar-refractivity contribution >= 4 is 17.5 Å². The standard InChI is InChI=1S/C18H20O4/c1-11(2)10-14-15(16(20)13-8-6-5-7-9-13)18(14,12(3)19)17(21)22-4/h5-10,14-15H,1-4H3/t14-,15+,18?/m1/s1. The Hall–Kier alpha value is -2.23. The molecular formula is C18H20O4. The lowest BCUT2D eigenvalue weighted by Crippen LogP contribution is -2.30. The minimum atomic E-state index is -1.38. The van der Waals surface area contributed by atoms with Gasteiger partial charge in [0.1, 0.15) is 11.2 Å². The second kappa shape index (κ2) is 5.87. The molecule has 0 radical (unpaired) electrons. The Labute approximate surface area is 130 Å². The van der Waals surface area contributed by atoms with Crippen molar-refractivity contribution in [1.82, 2.24) is 0 Å². The van der Waals surface area contributed by atoms with E-state index < -0.39 is 23.2 Å². The molecule has 1 aromatic carbocycles. The van der Waals surface area contributed by atoms with Crippen LogP contribution in [0, 0.1) is 17.3 Å². The summed E-state index contributed by atoms with van der Waals surface area (Å²) < 4.78 is 4.83. The van der Waals surface area contributed by atoms with Gasteiger partial charge in [0.15, 0.2) is 5.78 Å². The highest BCUT2D eigenvalue weighted by Gasteiger charge is 2.75. The Bertz CT molecular complexity index is 640. The van der Waals surface area contributed by atoms with Crippen LogP contribution in [0.2, 0.25) is 0 Å². The van der Waals surface area contributed by atoms with Crippen molar-refractivity contribution in [3.8, 4) is 0 Å². The number of ether oxygens (including phenoxy) is 1. The zero-order valence-electron chi connectivity index (χ0n) is 13.3. The number of rotatable bonds is 5. The van der Waals surface area contributed by atoms with Gasteiger partial charge in [-0.2, -0.15) is 0 Å². The number of hydrogen-bond donors (Lipinski definition) is 0. The van der Waals surface area contributed by atoms with E-state index in [1.54, 1.807) is 24.3 Å². The quantitative estimate of drug-likeness (QED) is 0.363. The molecule has 0 saturated heterocycles. The summed E-state index contributed by atoms with van der Waals surface area (Å²) in [7, 11) is 1.25. The fraction of sp³-hybridized carbons (Fsp3) is 0.389. The van der Waals surface area contributed by atoms with E-state index >= 15 is 0 Å². The molecule has 1 aliphatic rings. The highest BCUT2D eigenvalue weighted by molar-refractivity contribution is 6.16. The molecule has 0 bridgehead atoms. The zero-order chi connectivity index (χ0) is 16.5. The highest BCUT2D eigenvalue weighted by atomic mass is 16.5. The lowest BCUT2D eigenvalue weighted by Gasteiger charge is -2.11. The van der Waals surface area contributed by atoms with Crippen LogP contribution in [0.1, 0.15) is 31.1 Å². The van der Waals surface area contributed by atoms with Crippen LogP contribution < -0.4 is 0 Å². The second-order valence-electron chi connectivity index (χ2n) is 5.89. The number of carbonyl (C=O) groups excluding carboxylic acids is 3. The Morgan fingerprint density at radius 2 is 1.68 bits per heavy atom. The average molecular weight is 300 g/mol. The van der Waals surface area contributed by atoms with Crippen molar-refractivity contribution in [2.45, 2.75) is 20.8 Å². The largest absolute Gasteiger partial charge is 0.468 e. The Balaban J connectivity index is 2.48. The smallest absolute Gasteiger partial charge is 0.320 e. The van der Waals surface area contributed by atoms with Gasteiger partial charge in [-0.15, -0.1) is 0 Å². The first-order valence-corrected chi connectivity index (χ1v) is 7.21. The number of esters is 1. The van der Waals surface area contributed by atoms with Crippen molar-refractivity contribution < 1.29 is 19.1 Å². The summed E-state index contributed by atoms with van der Waals surface area (Å²) in [5.41, 5.74) is 0.0912. The molecule has 0 spiro atoms. The maximum Gasteiger partial charge on any atom is 0.320 e. The number of carbonyl (C=O) groups is 3. The first-order chi connectivity index (χ1) is 10.4. The molecule has 0 N–H and O–H groups in total. The molecule has 1 fully saturated rings. The number of ketones is 2. The summed E-state index contributed by atoms with van der Waals surface area (Å²) in [6.45, 7) is 5.11. The van der Waals surface area contributed by atoms with E-state index in [2.05, 4.69) is 0 Å².